The van der Waals surface area contributed by atoms with Gasteiger partial charge in [-0.15, -0.1) is 0 Å². The maximum absolute atomic E-state index is 15.0. The van der Waals surface area contributed by atoms with Crippen molar-refractivity contribution < 1.29 is 89.8 Å². The Hall–Kier alpha value is -1.43. The second kappa shape index (κ2) is 18.6. The smallest absolute Gasteiger partial charge is 0.315 e. The van der Waals surface area contributed by atoms with Crippen molar-refractivity contribution >= 4 is 5.97 Å². The molecule has 0 bridgehead atoms. The van der Waals surface area contributed by atoms with Crippen LogP contribution in [0.15, 0.2) is 11.6 Å². The van der Waals surface area contributed by atoms with Gasteiger partial charge in [-0.3, -0.25) is 4.79 Å². The van der Waals surface area contributed by atoms with E-state index in [1.807, 2.05) is 6.92 Å². The van der Waals surface area contributed by atoms with Crippen molar-refractivity contribution in [1.82, 2.24) is 0 Å². The maximum atomic E-state index is 15.0. The van der Waals surface area contributed by atoms with E-state index in [2.05, 4.69) is 40.7 Å². The van der Waals surface area contributed by atoms with E-state index in [-0.39, 0.29) is 58.9 Å². The predicted molar refractivity (Wildman–Crippen MR) is 235 cm³/mol. The topological polar surface area (TPSA) is 306 Å². The molecule has 2 heterocycles. The van der Waals surface area contributed by atoms with Crippen LogP contribution in [0.2, 0.25) is 0 Å². The highest BCUT2D eigenvalue weighted by atomic mass is 16.7. The van der Waals surface area contributed by atoms with Gasteiger partial charge in [-0.05, 0) is 111 Å². The second-order valence-electron chi connectivity index (χ2n) is 23.4. The minimum atomic E-state index is -1.82. The number of hydrogen-bond acceptors (Lipinski definition) is 18. The molecule has 0 aromatic carbocycles. The normalized spacial score (nSPS) is 56.7. The molecular formula is C49H80O18. The third kappa shape index (κ3) is 7.93. The zero-order chi connectivity index (χ0) is 49.1. The van der Waals surface area contributed by atoms with E-state index >= 15 is 4.79 Å². The van der Waals surface area contributed by atoms with Gasteiger partial charge in [0.15, 0.2) is 6.29 Å². The van der Waals surface area contributed by atoms with E-state index < -0.39 is 134 Å². The maximum Gasteiger partial charge on any atom is 0.315 e. The molecule has 5 saturated carbocycles. The highest BCUT2D eigenvalue weighted by Crippen LogP contribution is 2.76. The largest absolute Gasteiger partial charge is 0.432 e. The summed E-state index contributed by atoms with van der Waals surface area (Å²) in [6.45, 7) is 13.4. The summed E-state index contributed by atoms with van der Waals surface area (Å²) in [4.78, 5) is 15.0. The quantitative estimate of drug-likeness (QED) is 0.104. The Balaban J connectivity index is 0.985. The van der Waals surface area contributed by atoms with Crippen LogP contribution in [0.5, 0.6) is 0 Å². The molecule has 6 aliphatic carbocycles. The summed E-state index contributed by atoms with van der Waals surface area (Å²) < 4.78 is 29.5. The minimum absolute atomic E-state index is 0.00432. The average molecular weight is 957 g/mol. The van der Waals surface area contributed by atoms with E-state index in [1.165, 1.54) is 12.5 Å². The number of carbonyl (C=O) groups is 1. The van der Waals surface area contributed by atoms with Crippen LogP contribution in [0.1, 0.15) is 106 Å². The summed E-state index contributed by atoms with van der Waals surface area (Å²) in [5.74, 6) is -1.19. The Morgan fingerprint density at radius 1 is 0.746 bits per heavy atom. The van der Waals surface area contributed by atoms with Gasteiger partial charge in [-0.2, -0.15) is 0 Å². The zero-order valence-electron chi connectivity index (χ0n) is 40.1. The average Bonchev–Trinajstić information content (AvgIpc) is 3.29. The number of carbonyl (C=O) groups excluding carboxylic acids is 1. The summed E-state index contributed by atoms with van der Waals surface area (Å²) in [5, 5.41) is 130. The van der Waals surface area contributed by atoms with Crippen LogP contribution in [0.3, 0.4) is 0 Å². The van der Waals surface area contributed by atoms with Crippen molar-refractivity contribution in [2.45, 2.75) is 204 Å². The van der Waals surface area contributed by atoms with E-state index in [1.54, 1.807) is 0 Å². The number of hydrogen-bond donors (Lipinski definition) is 12. The fraction of sp³-hybridized carbons (Fsp3) is 0.939. The number of ether oxygens (including phenoxy) is 5. The van der Waals surface area contributed by atoms with Gasteiger partial charge in [-0.1, -0.05) is 53.2 Å². The van der Waals surface area contributed by atoms with Crippen LogP contribution < -0.4 is 0 Å². The SMILES string of the molecule is CC1CCC2(C(=O)OC3OC(COC4CC(CO)C(OC5OC(C)C(O)C(O)C5O)C(O)C4O)C(O)C(O)C3O)CCC3(C)C(=CCC4C5(C)CC(O)C(O)C(C)(CO)C5CCC43C)C2C1C. The molecule has 18 heteroatoms. The number of aliphatic hydroxyl groups excluding tert-OH is 12. The first-order valence-electron chi connectivity index (χ1n) is 24.9. The summed E-state index contributed by atoms with van der Waals surface area (Å²) in [5.41, 5.74) is -1.57. The first-order chi connectivity index (χ1) is 31.4. The van der Waals surface area contributed by atoms with E-state index in [9.17, 15) is 61.3 Å². The van der Waals surface area contributed by atoms with Crippen molar-refractivity contribution in [3.63, 3.8) is 0 Å². The molecular weight excluding hydrogens is 877 g/mol. The van der Waals surface area contributed by atoms with Crippen molar-refractivity contribution in [2.75, 3.05) is 19.8 Å². The highest BCUT2D eigenvalue weighted by molar-refractivity contribution is 5.79. The van der Waals surface area contributed by atoms with Crippen molar-refractivity contribution in [3.05, 3.63) is 11.6 Å². The number of rotatable bonds is 9. The second-order valence-corrected chi connectivity index (χ2v) is 23.4. The Morgan fingerprint density at radius 2 is 1.42 bits per heavy atom. The molecule has 2 saturated heterocycles. The molecule has 18 nitrogen and oxygen atoms in total. The van der Waals surface area contributed by atoms with Gasteiger partial charge in [0.1, 0.15) is 54.9 Å². The summed E-state index contributed by atoms with van der Waals surface area (Å²) in [7, 11) is 0. The van der Waals surface area contributed by atoms with Crippen LogP contribution >= 0.6 is 0 Å². The van der Waals surface area contributed by atoms with Gasteiger partial charge >= 0.3 is 5.97 Å². The number of aliphatic hydroxyl groups is 12. The van der Waals surface area contributed by atoms with Gasteiger partial charge in [0, 0.05) is 17.9 Å². The molecule has 8 rings (SSSR count). The Morgan fingerprint density at radius 3 is 2.09 bits per heavy atom. The summed E-state index contributed by atoms with van der Waals surface area (Å²) in [6.07, 6.45) is -15.9. The lowest BCUT2D eigenvalue weighted by Gasteiger charge is -2.71. The van der Waals surface area contributed by atoms with Gasteiger partial charge in [0.2, 0.25) is 6.29 Å². The number of allylic oxidation sites excluding steroid dienone is 2. The molecule has 67 heavy (non-hydrogen) atoms. The first-order valence-corrected chi connectivity index (χ1v) is 24.9. The molecule has 7 fully saturated rings. The van der Waals surface area contributed by atoms with E-state index in [0.29, 0.717) is 32.1 Å². The molecule has 0 spiro atoms. The fourth-order valence-electron chi connectivity index (χ4n) is 15.7. The van der Waals surface area contributed by atoms with Gasteiger partial charge in [0.05, 0.1) is 49.1 Å². The third-order valence-corrected chi connectivity index (χ3v) is 20.3. The molecule has 0 radical (unpaired) electrons. The molecule has 12 N–H and O–H groups in total. The Bertz CT molecular complexity index is 1820. The molecule has 27 atom stereocenters. The molecule has 8 aliphatic rings. The van der Waals surface area contributed by atoms with Crippen LogP contribution in [-0.4, -0.2) is 185 Å². The lowest BCUT2D eigenvalue weighted by atomic mass is 9.33. The summed E-state index contributed by atoms with van der Waals surface area (Å²) >= 11 is 0. The highest BCUT2D eigenvalue weighted by Gasteiger charge is 2.71. The predicted octanol–water partition coefficient (Wildman–Crippen LogP) is -0.369. The van der Waals surface area contributed by atoms with Crippen LogP contribution in [0, 0.1) is 62.6 Å². The standard InChI is InChI=1S/C49H80O18/c1-21-10-13-49(15-14-47(6)25(31(49)22(21)2)8-9-30-45(4)17-26(52)41(61)46(5,20-51)29(45)11-12-48(30,47)7)44(62)67-43-39(60)36(57)34(55)28(65-43)19-63-27-16-24(18-50)40(37(58)33(27)54)66-42-38(59)35(56)32(53)23(3)64-42/h8,21-24,26-43,50-61H,9-20H2,1-7H3. The van der Waals surface area contributed by atoms with Crippen LogP contribution in [0.4, 0.5) is 0 Å². The summed E-state index contributed by atoms with van der Waals surface area (Å²) in [6, 6.07) is 0. The van der Waals surface area contributed by atoms with E-state index in [0.717, 1.165) is 19.3 Å². The van der Waals surface area contributed by atoms with Crippen LogP contribution in [0.25, 0.3) is 0 Å². The zero-order valence-corrected chi connectivity index (χ0v) is 40.1. The fourth-order valence-corrected chi connectivity index (χ4v) is 15.7. The lowest BCUT2D eigenvalue weighted by molar-refractivity contribution is -0.327. The van der Waals surface area contributed by atoms with Gasteiger partial charge in [-0.25, -0.2) is 0 Å². The number of esters is 1. The molecule has 384 valence electrons. The lowest BCUT2D eigenvalue weighted by Crippen LogP contribution is -2.68. The van der Waals surface area contributed by atoms with Crippen molar-refractivity contribution in [2.24, 2.45) is 62.6 Å². The van der Waals surface area contributed by atoms with Crippen molar-refractivity contribution in [1.29, 1.82) is 0 Å². The molecule has 27 unspecified atom stereocenters. The number of fused-ring (bicyclic) bond motifs is 7. The molecule has 0 aromatic rings. The van der Waals surface area contributed by atoms with Gasteiger partial charge in [0.25, 0.3) is 0 Å². The Kier molecular flexibility index (Phi) is 14.4. The molecule has 2 aliphatic heterocycles. The molecule has 0 aromatic heterocycles. The molecule has 0 amide bonds. The van der Waals surface area contributed by atoms with Gasteiger partial charge < -0.3 is 85.0 Å². The van der Waals surface area contributed by atoms with Crippen molar-refractivity contribution in [3.8, 4) is 0 Å². The monoisotopic (exact) mass is 957 g/mol. The Labute approximate surface area is 393 Å². The third-order valence-electron chi connectivity index (χ3n) is 20.3. The van der Waals surface area contributed by atoms with E-state index in [4.69, 9.17) is 23.7 Å². The van der Waals surface area contributed by atoms with Crippen LogP contribution in [-0.2, 0) is 28.5 Å². The minimum Gasteiger partial charge on any atom is -0.432 e. The first kappa shape index (κ1) is 51.9.